The zero-order valence-electron chi connectivity index (χ0n) is 12.3. The third-order valence-electron chi connectivity index (χ3n) is 3.39. The van der Waals surface area contributed by atoms with E-state index in [0.29, 0.717) is 21.9 Å². The number of nitro groups is 1. The first-order valence-electron chi connectivity index (χ1n) is 6.62. The molecule has 1 aromatic carbocycles. The minimum atomic E-state index is -0.431. The Morgan fingerprint density at radius 3 is 2.74 bits per heavy atom. The second-order valence-corrected chi connectivity index (χ2v) is 5.98. The summed E-state index contributed by atoms with van der Waals surface area (Å²) >= 11 is 7.67. The van der Waals surface area contributed by atoms with Crippen molar-refractivity contribution in [3.8, 4) is 11.3 Å². The highest BCUT2D eigenvalue weighted by molar-refractivity contribution is 7.98. The summed E-state index contributed by atoms with van der Waals surface area (Å²) in [6.07, 6.45) is 3.56. The molecule has 2 aromatic heterocycles. The lowest BCUT2D eigenvalue weighted by molar-refractivity contribution is -0.384. The number of hydrogen-bond donors (Lipinski definition) is 0. The number of aromatic nitrogens is 3. The molecule has 0 atom stereocenters. The van der Waals surface area contributed by atoms with Gasteiger partial charge in [-0.3, -0.25) is 10.1 Å². The van der Waals surface area contributed by atoms with E-state index in [4.69, 9.17) is 11.6 Å². The normalized spacial score (nSPS) is 10.9. The maximum absolute atomic E-state index is 11.0. The Kier molecular flexibility index (Phi) is 4.14. The predicted octanol–water partition coefficient (Wildman–Crippen LogP) is 4.28. The number of halogens is 1. The summed E-state index contributed by atoms with van der Waals surface area (Å²) in [5, 5.41) is 12.6. The van der Waals surface area contributed by atoms with Crippen molar-refractivity contribution in [2.24, 2.45) is 0 Å². The van der Waals surface area contributed by atoms with Gasteiger partial charge in [0.1, 0.15) is 5.52 Å². The van der Waals surface area contributed by atoms with Crippen molar-refractivity contribution in [2.45, 2.75) is 12.1 Å². The number of rotatable bonds is 3. The van der Waals surface area contributed by atoms with Gasteiger partial charge >= 0.3 is 0 Å². The number of aryl methyl sites for hydroxylation is 1. The molecule has 116 valence electrons. The molecular formula is C15H11ClN4O2S. The van der Waals surface area contributed by atoms with Crippen molar-refractivity contribution in [2.75, 3.05) is 6.26 Å². The Labute approximate surface area is 141 Å². The molecule has 0 bridgehead atoms. The van der Waals surface area contributed by atoms with E-state index in [1.807, 2.05) is 13.2 Å². The van der Waals surface area contributed by atoms with Crippen molar-refractivity contribution < 1.29 is 4.92 Å². The summed E-state index contributed by atoms with van der Waals surface area (Å²) in [5.74, 6) is 0. The Morgan fingerprint density at radius 2 is 2.04 bits per heavy atom. The number of thioether (sulfide) groups is 1. The van der Waals surface area contributed by atoms with Crippen LogP contribution >= 0.6 is 23.4 Å². The smallest absolute Gasteiger partial charge is 0.258 e. The SMILES string of the molecule is CSc1ncc2cc(-c3cc([N+](=O)[O-])ccc3C)nc(Cl)c2n1. The molecule has 6 nitrogen and oxygen atoms in total. The highest BCUT2D eigenvalue weighted by Crippen LogP contribution is 2.31. The second-order valence-electron chi connectivity index (χ2n) is 4.85. The lowest BCUT2D eigenvalue weighted by Gasteiger charge is -2.08. The fourth-order valence-electron chi connectivity index (χ4n) is 2.22. The summed E-state index contributed by atoms with van der Waals surface area (Å²) in [5.41, 5.74) is 2.68. The zero-order chi connectivity index (χ0) is 16.6. The fourth-order valence-corrected chi connectivity index (χ4v) is 2.80. The molecule has 0 unspecified atom stereocenters. The summed E-state index contributed by atoms with van der Waals surface area (Å²) in [7, 11) is 0. The largest absolute Gasteiger partial charge is 0.270 e. The summed E-state index contributed by atoms with van der Waals surface area (Å²) in [6.45, 7) is 1.87. The molecule has 0 aliphatic heterocycles. The molecule has 8 heteroatoms. The van der Waals surface area contributed by atoms with Crippen LogP contribution < -0.4 is 0 Å². The van der Waals surface area contributed by atoms with Gasteiger partial charge in [-0.05, 0) is 24.8 Å². The third kappa shape index (κ3) is 2.97. The predicted molar refractivity (Wildman–Crippen MR) is 91.0 cm³/mol. The maximum Gasteiger partial charge on any atom is 0.270 e. The Bertz CT molecular complexity index is 933. The van der Waals surface area contributed by atoms with E-state index < -0.39 is 4.92 Å². The van der Waals surface area contributed by atoms with Crippen LogP contribution in [0.1, 0.15) is 5.56 Å². The number of hydrogen-bond acceptors (Lipinski definition) is 6. The lowest BCUT2D eigenvalue weighted by Crippen LogP contribution is -1.95. The topological polar surface area (TPSA) is 81.8 Å². The van der Waals surface area contributed by atoms with Gasteiger partial charge in [0, 0.05) is 29.3 Å². The van der Waals surface area contributed by atoms with Gasteiger partial charge in [-0.1, -0.05) is 29.4 Å². The molecule has 0 aliphatic carbocycles. The van der Waals surface area contributed by atoms with Crippen LogP contribution in [0, 0.1) is 17.0 Å². The molecule has 0 fully saturated rings. The van der Waals surface area contributed by atoms with E-state index in [1.54, 1.807) is 18.3 Å². The molecule has 0 saturated heterocycles. The van der Waals surface area contributed by atoms with E-state index >= 15 is 0 Å². The Balaban J connectivity index is 2.21. The van der Waals surface area contributed by atoms with Crippen LogP contribution in [0.3, 0.4) is 0 Å². The van der Waals surface area contributed by atoms with Gasteiger partial charge in [-0.15, -0.1) is 0 Å². The zero-order valence-corrected chi connectivity index (χ0v) is 13.9. The minimum Gasteiger partial charge on any atom is -0.258 e. The van der Waals surface area contributed by atoms with Crippen molar-refractivity contribution in [1.29, 1.82) is 0 Å². The van der Waals surface area contributed by atoms with Gasteiger partial charge in [-0.25, -0.2) is 15.0 Å². The number of fused-ring (bicyclic) bond motifs is 1. The number of non-ortho nitro benzene ring substituents is 1. The van der Waals surface area contributed by atoms with Gasteiger partial charge in [0.25, 0.3) is 5.69 Å². The van der Waals surface area contributed by atoms with Crippen LogP contribution in [-0.4, -0.2) is 26.1 Å². The van der Waals surface area contributed by atoms with Crippen LogP contribution in [0.4, 0.5) is 5.69 Å². The van der Waals surface area contributed by atoms with Crippen molar-refractivity contribution in [1.82, 2.24) is 15.0 Å². The average Bonchev–Trinajstić information content (AvgIpc) is 2.54. The van der Waals surface area contributed by atoms with Crippen molar-refractivity contribution in [3.05, 3.63) is 51.3 Å². The first-order valence-corrected chi connectivity index (χ1v) is 8.22. The van der Waals surface area contributed by atoms with Gasteiger partial charge < -0.3 is 0 Å². The van der Waals surface area contributed by atoms with E-state index in [9.17, 15) is 10.1 Å². The van der Waals surface area contributed by atoms with Crippen molar-refractivity contribution >= 4 is 40.0 Å². The summed E-state index contributed by atoms with van der Waals surface area (Å²) < 4.78 is 0. The molecule has 0 N–H and O–H groups in total. The molecule has 0 spiro atoms. The molecule has 0 amide bonds. The first kappa shape index (κ1) is 15.6. The number of nitrogens with zero attached hydrogens (tertiary/aromatic N) is 4. The Hall–Kier alpha value is -2.25. The van der Waals surface area contributed by atoms with Gasteiger partial charge in [0.2, 0.25) is 0 Å². The van der Waals surface area contributed by atoms with Crippen LogP contribution in [0.2, 0.25) is 5.15 Å². The van der Waals surface area contributed by atoms with Crippen LogP contribution in [0.5, 0.6) is 0 Å². The average molecular weight is 347 g/mol. The summed E-state index contributed by atoms with van der Waals surface area (Å²) in [6, 6.07) is 6.45. The molecule has 0 radical (unpaired) electrons. The number of pyridine rings is 1. The molecule has 0 aliphatic rings. The maximum atomic E-state index is 11.0. The number of benzene rings is 1. The monoisotopic (exact) mass is 346 g/mol. The molecule has 23 heavy (non-hydrogen) atoms. The van der Waals surface area contributed by atoms with Crippen molar-refractivity contribution in [3.63, 3.8) is 0 Å². The molecule has 0 saturated carbocycles. The quantitative estimate of drug-likeness (QED) is 0.231. The first-order chi connectivity index (χ1) is 11.0. The standard InChI is InChI=1S/C15H11ClN4O2S/c1-8-3-4-10(20(21)22)6-11(8)12-5-9-7-17-15(23-2)19-13(9)14(16)18-12/h3-7H,1-2H3. The second kappa shape index (κ2) is 6.10. The van der Waals surface area contributed by atoms with E-state index in [0.717, 1.165) is 10.9 Å². The summed E-state index contributed by atoms with van der Waals surface area (Å²) in [4.78, 5) is 23.5. The van der Waals surface area contributed by atoms with E-state index in [2.05, 4.69) is 15.0 Å². The minimum absolute atomic E-state index is 0.0117. The van der Waals surface area contributed by atoms with Gasteiger partial charge in [0.05, 0.1) is 10.6 Å². The molecule has 3 rings (SSSR count). The van der Waals surface area contributed by atoms with Crippen LogP contribution in [0.25, 0.3) is 22.2 Å². The van der Waals surface area contributed by atoms with Gasteiger partial charge in [0.15, 0.2) is 10.3 Å². The lowest BCUT2D eigenvalue weighted by atomic mass is 10.0. The fraction of sp³-hybridized carbons (Fsp3) is 0.133. The molecule has 3 aromatic rings. The van der Waals surface area contributed by atoms with E-state index in [-0.39, 0.29) is 10.8 Å². The third-order valence-corrected chi connectivity index (χ3v) is 4.22. The highest BCUT2D eigenvalue weighted by Gasteiger charge is 2.14. The molecule has 2 heterocycles. The Morgan fingerprint density at radius 1 is 1.26 bits per heavy atom. The highest BCUT2D eigenvalue weighted by atomic mass is 35.5. The molecular weight excluding hydrogens is 336 g/mol. The van der Waals surface area contributed by atoms with Gasteiger partial charge in [-0.2, -0.15) is 0 Å². The van der Waals surface area contributed by atoms with Crippen LogP contribution in [-0.2, 0) is 0 Å². The van der Waals surface area contributed by atoms with Crippen LogP contribution in [0.15, 0.2) is 35.6 Å². The van der Waals surface area contributed by atoms with E-state index in [1.165, 1.54) is 23.9 Å². The number of nitro benzene ring substituents is 1.